The molecule has 11 heteroatoms. The second-order valence-corrected chi connectivity index (χ2v) is 13.5. The van der Waals surface area contributed by atoms with Gasteiger partial charge in [-0.25, -0.2) is 4.39 Å². The number of likely N-dealkylation sites (tertiary alicyclic amines) is 1. The maximum absolute atomic E-state index is 14.8. The number of alkyl halides is 4. The zero-order valence-corrected chi connectivity index (χ0v) is 25.8. The highest BCUT2D eigenvalue weighted by Gasteiger charge is 2.36. The number of halogens is 4. The van der Waals surface area contributed by atoms with Crippen molar-refractivity contribution in [2.24, 2.45) is 0 Å². The van der Waals surface area contributed by atoms with Gasteiger partial charge in [0.1, 0.15) is 11.9 Å². The average Bonchev–Trinajstić information content (AvgIpc) is 3.89. The van der Waals surface area contributed by atoms with Gasteiger partial charge in [0, 0.05) is 18.7 Å². The Morgan fingerprint density at radius 2 is 1.93 bits per heavy atom. The number of thiophene rings is 1. The monoisotopic (exact) mass is 631 g/mol. The quantitative estimate of drug-likeness (QED) is 0.145. The van der Waals surface area contributed by atoms with Crippen molar-refractivity contribution in [2.75, 3.05) is 44.4 Å². The van der Waals surface area contributed by atoms with E-state index in [1.165, 1.54) is 11.3 Å². The zero-order chi connectivity index (χ0) is 30.3. The molecule has 0 amide bonds. The van der Waals surface area contributed by atoms with Crippen LogP contribution in [0.5, 0.6) is 5.75 Å². The Kier molecular flexibility index (Phi) is 8.61. The third-order valence-corrected chi connectivity index (χ3v) is 10.2. The first-order valence-electron chi connectivity index (χ1n) is 14.7. The Labute approximate surface area is 254 Å². The summed E-state index contributed by atoms with van der Waals surface area (Å²) in [6, 6.07) is 6.80. The van der Waals surface area contributed by atoms with Crippen LogP contribution in [0.4, 0.5) is 28.9 Å². The highest BCUT2D eigenvalue weighted by atomic mass is 32.1. The lowest BCUT2D eigenvalue weighted by Crippen LogP contribution is -2.46. The van der Waals surface area contributed by atoms with Gasteiger partial charge < -0.3 is 20.3 Å². The summed E-state index contributed by atoms with van der Waals surface area (Å²) in [7, 11) is 3.46. The lowest BCUT2D eigenvalue weighted by molar-refractivity contribution is -0.126. The summed E-state index contributed by atoms with van der Waals surface area (Å²) in [5.41, 5.74) is 3.65. The minimum atomic E-state index is -4.40. The molecule has 2 aromatic carbocycles. The topological polar surface area (TPSA) is 53.6 Å². The Hall–Kier alpha value is -2.86. The molecule has 0 spiro atoms. The van der Waals surface area contributed by atoms with Crippen LogP contribution in [-0.4, -0.2) is 57.1 Å². The van der Waals surface area contributed by atoms with Crippen LogP contribution in [0, 0.1) is 11.8 Å². The number of hydrogen-bond donors (Lipinski definition) is 2. The molecule has 5 nitrogen and oxygen atoms in total. The maximum Gasteiger partial charge on any atom is 0.393 e. The van der Waals surface area contributed by atoms with Crippen molar-refractivity contribution in [1.29, 1.82) is 0 Å². The molecule has 2 aliphatic carbocycles. The van der Waals surface area contributed by atoms with Gasteiger partial charge >= 0.3 is 6.18 Å². The van der Waals surface area contributed by atoms with Crippen molar-refractivity contribution >= 4 is 46.6 Å². The van der Waals surface area contributed by atoms with Crippen molar-refractivity contribution in [3.05, 3.63) is 45.8 Å². The first kappa shape index (κ1) is 30.2. The first-order chi connectivity index (χ1) is 20.7. The summed E-state index contributed by atoms with van der Waals surface area (Å²) in [5, 5.41) is 7.94. The van der Waals surface area contributed by atoms with Gasteiger partial charge in [0.2, 0.25) is 0 Å². The minimum absolute atomic E-state index is 0.0292. The van der Waals surface area contributed by atoms with Gasteiger partial charge in [0.05, 0.1) is 52.4 Å². The lowest BCUT2D eigenvalue weighted by atomic mass is 10.0. The van der Waals surface area contributed by atoms with E-state index in [9.17, 15) is 22.1 Å². The van der Waals surface area contributed by atoms with Crippen LogP contribution >= 0.6 is 19.8 Å². The molecule has 1 saturated heterocycles. The van der Waals surface area contributed by atoms with Crippen LogP contribution in [-0.2, 0) is 11.0 Å². The van der Waals surface area contributed by atoms with Gasteiger partial charge in [-0.15, -0.1) is 11.3 Å². The zero-order valence-electron chi connectivity index (χ0n) is 24.1. The summed E-state index contributed by atoms with van der Waals surface area (Å²) in [5.74, 6) is 7.45. The average molecular weight is 632 g/mol. The van der Waals surface area contributed by atoms with Crippen LogP contribution in [0.25, 0.3) is 10.1 Å². The predicted octanol–water partition coefficient (Wildman–Crippen LogP) is 7.60. The number of anilines is 2. The number of benzene rings is 2. The lowest BCUT2D eigenvalue weighted by Gasteiger charge is -2.33. The summed E-state index contributed by atoms with van der Waals surface area (Å²) in [6.07, 6.45) is -1.83. The number of ether oxygens (including phenoxy) is 1. The van der Waals surface area contributed by atoms with Crippen molar-refractivity contribution in [1.82, 2.24) is 4.90 Å². The molecule has 1 aliphatic heterocycles. The molecular formula is C32H34F4N3O2PS. The highest BCUT2D eigenvalue weighted by molar-refractivity contribution is 7.34. The van der Waals surface area contributed by atoms with Gasteiger partial charge in [-0.2, -0.15) is 13.2 Å². The van der Waals surface area contributed by atoms with Crippen LogP contribution in [0.1, 0.15) is 65.5 Å². The first-order valence-corrected chi connectivity index (χ1v) is 16.3. The molecule has 2 N–H and O–H groups in total. The Balaban J connectivity index is 1.30. The third kappa shape index (κ3) is 6.64. The molecule has 6 rings (SSSR count). The fourth-order valence-electron chi connectivity index (χ4n) is 6.07. The predicted molar refractivity (Wildman–Crippen MR) is 166 cm³/mol. The van der Waals surface area contributed by atoms with Crippen LogP contribution in [0.2, 0.25) is 0 Å². The summed E-state index contributed by atoms with van der Waals surface area (Å²) < 4.78 is 74.4. The fraction of sp³-hybridized carbons (Fsp3) is 0.500. The molecule has 0 bridgehead atoms. The number of piperidine rings is 1. The second-order valence-electron chi connectivity index (χ2n) is 11.8. The van der Waals surface area contributed by atoms with Gasteiger partial charge in [-0.05, 0) is 79.6 Å². The van der Waals surface area contributed by atoms with Gasteiger partial charge in [-0.3, -0.25) is 4.57 Å². The standard InChI is InChI=1S/C32H34F4N3O2PS/c1-39-14-12-24(23(33)17-39)38-25-6-3-5-20-22(16-32(34,35)36)27(43-31(20)25)7-4-13-37-29-21(18-8-9-18)15-26(42-40)28(19-10-11-19)30(29)41-2/h3,5-6,15,18-19,23-24,37-38H,8-14,16-17H2,1-2H3. The second kappa shape index (κ2) is 12.3. The molecule has 2 heterocycles. The molecule has 43 heavy (non-hydrogen) atoms. The minimum Gasteiger partial charge on any atom is -0.494 e. The van der Waals surface area contributed by atoms with Crippen molar-refractivity contribution in [3.63, 3.8) is 0 Å². The maximum atomic E-state index is 14.8. The van der Waals surface area contributed by atoms with E-state index in [-0.39, 0.29) is 20.6 Å². The van der Waals surface area contributed by atoms with E-state index in [0.717, 1.165) is 54.3 Å². The molecule has 228 valence electrons. The molecule has 3 aliphatic rings. The normalized spacial score (nSPS) is 21.1. The van der Waals surface area contributed by atoms with Gasteiger partial charge in [0.25, 0.3) is 0 Å². The summed E-state index contributed by atoms with van der Waals surface area (Å²) >= 11 is 1.22. The van der Waals surface area contributed by atoms with Gasteiger partial charge in [0.15, 0.2) is 8.46 Å². The van der Waals surface area contributed by atoms with Crippen molar-refractivity contribution < 1.29 is 26.9 Å². The third-order valence-electron chi connectivity index (χ3n) is 8.47. The molecule has 2 unspecified atom stereocenters. The van der Waals surface area contributed by atoms with E-state index in [1.807, 2.05) is 18.0 Å². The molecule has 0 radical (unpaired) electrons. The van der Waals surface area contributed by atoms with Gasteiger partial charge in [-0.1, -0.05) is 24.0 Å². The highest BCUT2D eigenvalue weighted by Crippen LogP contribution is 2.52. The Morgan fingerprint density at radius 1 is 1.16 bits per heavy atom. The number of fused-ring (bicyclic) bond motifs is 1. The SMILES string of the molecule is COc1c(NCC#Cc2sc3c(NC4CCN(C)CC4F)cccc3c2CC(F)(F)F)c(C2CC2)cc(P=O)c1C1CC1. The van der Waals surface area contributed by atoms with E-state index in [2.05, 4.69) is 22.5 Å². The number of rotatable bonds is 9. The largest absolute Gasteiger partial charge is 0.494 e. The van der Waals surface area contributed by atoms with Crippen LogP contribution in [0.15, 0.2) is 24.3 Å². The molecule has 3 aromatic rings. The van der Waals surface area contributed by atoms with Crippen molar-refractivity contribution in [2.45, 2.75) is 68.8 Å². The van der Waals surface area contributed by atoms with E-state index in [1.54, 1.807) is 25.3 Å². The Morgan fingerprint density at radius 3 is 2.58 bits per heavy atom. The summed E-state index contributed by atoms with van der Waals surface area (Å²) in [4.78, 5) is 2.29. The van der Waals surface area contributed by atoms with Crippen LogP contribution < -0.4 is 20.7 Å². The number of nitrogens with zero attached hydrogens (tertiary/aromatic N) is 1. The van der Waals surface area contributed by atoms with E-state index < -0.39 is 24.8 Å². The molecule has 3 fully saturated rings. The number of hydrogen-bond acceptors (Lipinski definition) is 6. The summed E-state index contributed by atoms with van der Waals surface area (Å²) in [6.45, 7) is 1.27. The number of nitrogens with one attached hydrogen (secondary N) is 2. The van der Waals surface area contributed by atoms with E-state index in [4.69, 9.17) is 4.74 Å². The van der Waals surface area contributed by atoms with Crippen LogP contribution in [0.3, 0.4) is 0 Å². The fourth-order valence-corrected chi connectivity index (χ4v) is 7.81. The van der Waals surface area contributed by atoms with E-state index >= 15 is 0 Å². The Bertz CT molecular complexity index is 1590. The molecule has 2 saturated carbocycles. The smallest absolute Gasteiger partial charge is 0.393 e. The van der Waals surface area contributed by atoms with Crippen molar-refractivity contribution in [3.8, 4) is 17.6 Å². The van der Waals surface area contributed by atoms with E-state index in [0.29, 0.717) is 51.2 Å². The number of methoxy groups -OCH3 is 1. The molecule has 2 atom stereocenters. The molecular weight excluding hydrogens is 597 g/mol. The molecule has 1 aromatic heterocycles.